The lowest BCUT2D eigenvalue weighted by molar-refractivity contribution is 0.224. The first-order valence-corrected chi connectivity index (χ1v) is 8.89. The van der Waals surface area contributed by atoms with Gasteiger partial charge < -0.3 is 10.4 Å². The second kappa shape index (κ2) is 7.50. The Labute approximate surface area is 144 Å². The van der Waals surface area contributed by atoms with Gasteiger partial charge in [-0.15, -0.1) is 11.3 Å². The molecule has 0 saturated carbocycles. The lowest BCUT2D eigenvalue weighted by Gasteiger charge is -2.14. The van der Waals surface area contributed by atoms with Crippen LogP contribution in [0, 0.1) is 17.7 Å². The van der Waals surface area contributed by atoms with Crippen molar-refractivity contribution in [2.75, 3.05) is 18.4 Å². The summed E-state index contributed by atoms with van der Waals surface area (Å²) in [4.78, 5) is 16.0. The van der Waals surface area contributed by atoms with Crippen molar-refractivity contribution in [3.05, 3.63) is 35.1 Å². The van der Waals surface area contributed by atoms with Crippen molar-refractivity contribution in [2.24, 2.45) is 11.8 Å². The Hall–Kier alpha value is -1.64. The highest BCUT2D eigenvalue weighted by molar-refractivity contribution is 7.15. The minimum absolute atomic E-state index is 0.397. The Morgan fingerprint density at radius 2 is 2.08 bits per heavy atom. The van der Waals surface area contributed by atoms with E-state index in [-0.39, 0.29) is 0 Å². The van der Waals surface area contributed by atoms with Crippen molar-refractivity contribution < 1.29 is 9.50 Å². The number of hydrogen-bond acceptors (Lipinski definition) is 7. The molecule has 3 unspecified atom stereocenters. The summed E-state index contributed by atoms with van der Waals surface area (Å²) in [7, 11) is 0. The molecule has 0 aromatic carbocycles. The molecule has 130 valence electrons. The summed E-state index contributed by atoms with van der Waals surface area (Å²) in [6.45, 7) is 6.75. The van der Waals surface area contributed by atoms with Gasteiger partial charge in [-0.3, -0.25) is 4.90 Å². The molecule has 3 heterocycles. The van der Waals surface area contributed by atoms with E-state index in [0.29, 0.717) is 17.7 Å². The van der Waals surface area contributed by atoms with E-state index in [0.717, 1.165) is 31.2 Å². The zero-order valence-electron chi connectivity index (χ0n) is 13.8. The van der Waals surface area contributed by atoms with Gasteiger partial charge in [-0.25, -0.2) is 19.3 Å². The van der Waals surface area contributed by atoms with Crippen molar-refractivity contribution in [3.8, 4) is 0 Å². The highest BCUT2D eigenvalue weighted by Gasteiger charge is 2.30. The van der Waals surface area contributed by atoms with E-state index >= 15 is 0 Å². The van der Waals surface area contributed by atoms with Gasteiger partial charge in [-0.1, -0.05) is 6.92 Å². The topological polar surface area (TPSA) is 74.2 Å². The Balaban J connectivity index is 1.55. The van der Waals surface area contributed by atoms with Gasteiger partial charge in [0.15, 0.2) is 10.9 Å². The van der Waals surface area contributed by atoms with E-state index in [1.165, 1.54) is 17.3 Å². The fourth-order valence-electron chi connectivity index (χ4n) is 3.06. The minimum Gasteiger partial charge on any atom is -0.374 e. The largest absolute Gasteiger partial charge is 0.374 e. The number of aromatic nitrogens is 3. The van der Waals surface area contributed by atoms with Crippen LogP contribution < -0.4 is 5.32 Å². The molecular weight excluding hydrogens is 329 g/mol. The highest BCUT2D eigenvalue weighted by Crippen LogP contribution is 2.28. The molecule has 2 aromatic heterocycles. The number of rotatable bonds is 6. The molecule has 0 radical (unpaired) electrons. The number of halogens is 1. The molecule has 3 atom stereocenters. The maximum Gasteiger partial charge on any atom is 0.184 e. The molecule has 8 heteroatoms. The quantitative estimate of drug-likeness (QED) is 0.777. The first-order chi connectivity index (χ1) is 11.5. The van der Waals surface area contributed by atoms with Crippen LogP contribution in [0.25, 0.3) is 0 Å². The van der Waals surface area contributed by atoms with Crippen molar-refractivity contribution in [1.82, 2.24) is 19.9 Å². The lowest BCUT2D eigenvalue weighted by atomic mass is 9.94. The summed E-state index contributed by atoms with van der Waals surface area (Å²) < 4.78 is 12.9. The predicted molar refractivity (Wildman–Crippen MR) is 91.0 cm³/mol. The van der Waals surface area contributed by atoms with Crippen LogP contribution in [0.5, 0.6) is 0 Å². The molecular formula is C16H22FN5OS. The Kier molecular flexibility index (Phi) is 5.37. The minimum atomic E-state index is -0.601. The van der Waals surface area contributed by atoms with Crippen LogP contribution in [0.1, 0.15) is 24.5 Å². The van der Waals surface area contributed by atoms with E-state index in [1.807, 2.05) is 6.20 Å². The molecule has 1 aliphatic rings. The van der Waals surface area contributed by atoms with Gasteiger partial charge in [0.1, 0.15) is 12.1 Å². The second-order valence-electron chi connectivity index (χ2n) is 6.41. The smallest absolute Gasteiger partial charge is 0.184 e. The van der Waals surface area contributed by atoms with Crippen molar-refractivity contribution in [2.45, 2.75) is 33.0 Å². The summed E-state index contributed by atoms with van der Waals surface area (Å²) in [6, 6.07) is 0. The highest BCUT2D eigenvalue weighted by atomic mass is 32.1. The van der Waals surface area contributed by atoms with Crippen LogP contribution in [-0.2, 0) is 13.0 Å². The molecule has 0 spiro atoms. The maximum atomic E-state index is 12.9. The van der Waals surface area contributed by atoms with E-state index < -0.39 is 12.0 Å². The number of anilines is 1. The van der Waals surface area contributed by atoms with E-state index in [1.54, 1.807) is 18.3 Å². The molecule has 2 aromatic rings. The normalized spacial score (nSPS) is 22.7. The Morgan fingerprint density at radius 3 is 2.79 bits per heavy atom. The van der Waals surface area contributed by atoms with Gasteiger partial charge in [-0.05, 0) is 18.8 Å². The molecule has 1 aliphatic heterocycles. The Bertz CT molecular complexity index is 663. The van der Waals surface area contributed by atoms with Crippen LogP contribution in [0.15, 0.2) is 18.6 Å². The number of likely N-dealkylation sites (tertiary alicyclic amines) is 1. The average molecular weight is 351 g/mol. The van der Waals surface area contributed by atoms with Gasteiger partial charge in [0.25, 0.3) is 0 Å². The van der Waals surface area contributed by atoms with Gasteiger partial charge in [0.05, 0.1) is 12.4 Å². The first kappa shape index (κ1) is 17.2. The van der Waals surface area contributed by atoms with E-state index in [2.05, 4.69) is 32.1 Å². The number of nitrogens with zero attached hydrogens (tertiary/aromatic N) is 4. The predicted octanol–water partition coefficient (Wildman–Crippen LogP) is 2.13. The van der Waals surface area contributed by atoms with Gasteiger partial charge in [0.2, 0.25) is 0 Å². The maximum absolute atomic E-state index is 12.9. The van der Waals surface area contributed by atoms with Crippen LogP contribution in [0.3, 0.4) is 0 Å². The van der Waals surface area contributed by atoms with E-state index in [9.17, 15) is 9.50 Å². The molecule has 3 rings (SSSR count). The standard InChI is InChI=1S/C16H22FN5OS/c1-10-7-22(9-14-6-20-16(24-14)21-11(2)23)8-12(10)3-15-18-4-13(17)5-19-15/h4-6,10-12,23H,3,7-9H2,1-2H3,(H,20,21). The van der Waals surface area contributed by atoms with Crippen molar-refractivity contribution >= 4 is 16.5 Å². The number of hydrogen-bond donors (Lipinski definition) is 2. The first-order valence-electron chi connectivity index (χ1n) is 8.07. The third-order valence-electron chi connectivity index (χ3n) is 4.23. The molecule has 0 amide bonds. The number of thiazole rings is 1. The van der Waals surface area contributed by atoms with Crippen LogP contribution in [-0.4, -0.2) is 44.3 Å². The molecule has 1 saturated heterocycles. The monoisotopic (exact) mass is 351 g/mol. The molecule has 0 bridgehead atoms. The average Bonchev–Trinajstić information content (AvgIpc) is 3.08. The van der Waals surface area contributed by atoms with Crippen LogP contribution in [0.2, 0.25) is 0 Å². The fourth-order valence-corrected chi connectivity index (χ4v) is 4.00. The van der Waals surface area contributed by atoms with Crippen LogP contribution in [0.4, 0.5) is 9.52 Å². The lowest BCUT2D eigenvalue weighted by Crippen LogP contribution is -2.20. The molecule has 2 N–H and O–H groups in total. The zero-order valence-corrected chi connectivity index (χ0v) is 14.6. The van der Waals surface area contributed by atoms with Gasteiger partial charge >= 0.3 is 0 Å². The zero-order chi connectivity index (χ0) is 17.1. The fraction of sp³-hybridized carbons (Fsp3) is 0.562. The van der Waals surface area contributed by atoms with Gasteiger partial charge in [-0.2, -0.15) is 0 Å². The molecule has 24 heavy (non-hydrogen) atoms. The SMILES string of the molecule is CC(O)Nc1ncc(CN2CC(C)C(Cc3ncc(F)cn3)C2)s1. The summed E-state index contributed by atoms with van der Waals surface area (Å²) in [5.74, 6) is 1.32. The summed E-state index contributed by atoms with van der Waals surface area (Å²) in [5.41, 5.74) is 0. The molecule has 1 fully saturated rings. The van der Waals surface area contributed by atoms with Crippen molar-refractivity contribution in [1.29, 1.82) is 0 Å². The second-order valence-corrected chi connectivity index (χ2v) is 7.52. The number of aliphatic hydroxyl groups is 1. The number of nitrogens with one attached hydrogen (secondary N) is 1. The van der Waals surface area contributed by atoms with Crippen molar-refractivity contribution in [3.63, 3.8) is 0 Å². The number of aliphatic hydroxyl groups excluding tert-OH is 1. The van der Waals surface area contributed by atoms with Gasteiger partial charge in [0, 0.05) is 37.1 Å². The summed E-state index contributed by atoms with van der Waals surface area (Å²) >= 11 is 1.57. The Morgan fingerprint density at radius 1 is 1.33 bits per heavy atom. The van der Waals surface area contributed by atoms with E-state index in [4.69, 9.17) is 0 Å². The summed E-state index contributed by atoms with van der Waals surface area (Å²) in [5, 5.41) is 13.0. The molecule has 0 aliphatic carbocycles. The summed E-state index contributed by atoms with van der Waals surface area (Å²) in [6.07, 6.45) is 4.49. The third kappa shape index (κ3) is 4.46. The molecule has 6 nitrogen and oxygen atoms in total. The third-order valence-corrected chi connectivity index (χ3v) is 5.14. The van der Waals surface area contributed by atoms with Crippen LogP contribution >= 0.6 is 11.3 Å².